The van der Waals surface area contributed by atoms with Crippen LogP contribution in [0, 0.1) is 5.92 Å². The zero-order valence-corrected chi connectivity index (χ0v) is 7.54. The maximum atomic E-state index is 9.54. The van der Waals surface area contributed by atoms with Crippen LogP contribution in [-0.2, 0) is 4.74 Å². The van der Waals surface area contributed by atoms with Crippen LogP contribution in [0.3, 0.4) is 0 Å². The van der Waals surface area contributed by atoms with Crippen LogP contribution in [0.1, 0.15) is 25.7 Å². The van der Waals surface area contributed by atoms with Crippen molar-refractivity contribution in [3.63, 3.8) is 0 Å². The fourth-order valence-corrected chi connectivity index (χ4v) is 1.58. The minimum absolute atomic E-state index is 0.158. The molecule has 12 heavy (non-hydrogen) atoms. The van der Waals surface area contributed by atoms with Gasteiger partial charge >= 0.3 is 0 Å². The molecule has 1 fully saturated rings. The smallest absolute Gasteiger partial charge is 0.0546 e. The molecule has 2 nitrogen and oxygen atoms in total. The summed E-state index contributed by atoms with van der Waals surface area (Å²) in [5.41, 5.74) is 0. The summed E-state index contributed by atoms with van der Waals surface area (Å²) in [7, 11) is 0. The molecule has 1 aliphatic heterocycles. The third-order valence-electron chi connectivity index (χ3n) is 2.33. The number of ether oxygens (including phenoxy) is 1. The third-order valence-corrected chi connectivity index (χ3v) is 2.33. The zero-order chi connectivity index (χ0) is 8.81. The second-order valence-corrected chi connectivity index (χ2v) is 3.49. The van der Waals surface area contributed by atoms with Crippen LogP contribution in [-0.4, -0.2) is 24.4 Å². The van der Waals surface area contributed by atoms with Gasteiger partial charge in [-0.2, -0.15) is 0 Å². The molecule has 2 atom stereocenters. The van der Waals surface area contributed by atoms with Gasteiger partial charge in [-0.3, -0.25) is 0 Å². The average Bonchev–Trinajstić information content (AvgIpc) is 2.53. The molecule has 0 amide bonds. The summed E-state index contributed by atoms with van der Waals surface area (Å²) < 4.78 is 5.23. The Morgan fingerprint density at radius 1 is 1.67 bits per heavy atom. The zero-order valence-electron chi connectivity index (χ0n) is 7.54. The highest BCUT2D eigenvalue weighted by molar-refractivity contribution is 4.73. The Labute approximate surface area is 74.2 Å². The van der Waals surface area contributed by atoms with E-state index in [0.717, 1.165) is 38.9 Å². The monoisotopic (exact) mass is 170 g/mol. The van der Waals surface area contributed by atoms with Crippen LogP contribution in [0.25, 0.3) is 0 Å². The first-order valence-corrected chi connectivity index (χ1v) is 4.69. The molecule has 70 valence electrons. The SMILES string of the molecule is C=CCCC(O)CC1CCOC1. The number of rotatable bonds is 5. The van der Waals surface area contributed by atoms with E-state index in [1.54, 1.807) is 0 Å². The summed E-state index contributed by atoms with van der Waals surface area (Å²) in [4.78, 5) is 0. The highest BCUT2D eigenvalue weighted by Gasteiger charge is 2.18. The molecule has 0 bridgehead atoms. The van der Waals surface area contributed by atoms with Crippen molar-refractivity contribution in [1.29, 1.82) is 0 Å². The van der Waals surface area contributed by atoms with Crippen molar-refractivity contribution in [1.82, 2.24) is 0 Å². The molecule has 0 aromatic heterocycles. The van der Waals surface area contributed by atoms with Gasteiger partial charge in [0.15, 0.2) is 0 Å². The van der Waals surface area contributed by atoms with E-state index < -0.39 is 0 Å². The molecule has 1 heterocycles. The van der Waals surface area contributed by atoms with Crippen LogP contribution < -0.4 is 0 Å². The van der Waals surface area contributed by atoms with Gasteiger partial charge in [-0.25, -0.2) is 0 Å². The molecule has 2 heteroatoms. The van der Waals surface area contributed by atoms with E-state index in [4.69, 9.17) is 4.74 Å². The van der Waals surface area contributed by atoms with E-state index >= 15 is 0 Å². The fourth-order valence-electron chi connectivity index (χ4n) is 1.58. The van der Waals surface area contributed by atoms with Crippen molar-refractivity contribution < 1.29 is 9.84 Å². The van der Waals surface area contributed by atoms with Crippen molar-refractivity contribution in [3.8, 4) is 0 Å². The number of hydrogen-bond acceptors (Lipinski definition) is 2. The lowest BCUT2D eigenvalue weighted by Crippen LogP contribution is -2.13. The molecule has 1 N–H and O–H groups in total. The molecular formula is C10H18O2. The van der Waals surface area contributed by atoms with Gasteiger partial charge in [-0.05, 0) is 31.6 Å². The summed E-state index contributed by atoms with van der Waals surface area (Å²) in [5, 5.41) is 9.54. The predicted octanol–water partition coefficient (Wildman–Crippen LogP) is 1.74. The number of allylic oxidation sites excluding steroid dienone is 1. The topological polar surface area (TPSA) is 29.5 Å². The Balaban J connectivity index is 2.07. The van der Waals surface area contributed by atoms with Gasteiger partial charge in [0, 0.05) is 13.2 Å². The second-order valence-electron chi connectivity index (χ2n) is 3.49. The van der Waals surface area contributed by atoms with Crippen LogP contribution in [0.5, 0.6) is 0 Å². The Morgan fingerprint density at radius 2 is 2.50 bits per heavy atom. The predicted molar refractivity (Wildman–Crippen MR) is 49.0 cm³/mol. The molecule has 0 spiro atoms. The lowest BCUT2D eigenvalue weighted by atomic mass is 9.98. The van der Waals surface area contributed by atoms with E-state index in [-0.39, 0.29) is 6.10 Å². The fraction of sp³-hybridized carbons (Fsp3) is 0.800. The molecule has 1 saturated heterocycles. The van der Waals surface area contributed by atoms with Crippen LogP contribution >= 0.6 is 0 Å². The highest BCUT2D eigenvalue weighted by atomic mass is 16.5. The van der Waals surface area contributed by atoms with Crippen molar-refractivity contribution in [2.75, 3.05) is 13.2 Å². The minimum atomic E-state index is -0.158. The summed E-state index contributed by atoms with van der Waals surface area (Å²) >= 11 is 0. The van der Waals surface area contributed by atoms with Crippen molar-refractivity contribution in [3.05, 3.63) is 12.7 Å². The first-order chi connectivity index (χ1) is 5.83. The van der Waals surface area contributed by atoms with Gasteiger partial charge < -0.3 is 9.84 Å². The minimum Gasteiger partial charge on any atom is -0.393 e. The van der Waals surface area contributed by atoms with Crippen LogP contribution in [0.4, 0.5) is 0 Å². The van der Waals surface area contributed by atoms with Crippen molar-refractivity contribution >= 4 is 0 Å². The lowest BCUT2D eigenvalue weighted by Gasteiger charge is -2.12. The number of aliphatic hydroxyl groups excluding tert-OH is 1. The van der Waals surface area contributed by atoms with Gasteiger partial charge in [0.1, 0.15) is 0 Å². The summed E-state index contributed by atoms with van der Waals surface area (Å²) in [6, 6.07) is 0. The van der Waals surface area contributed by atoms with Crippen LogP contribution in [0.2, 0.25) is 0 Å². The first kappa shape index (κ1) is 9.75. The quantitative estimate of drug-likeness (QED) is 0.637. The molecule has 0 aliphatic carbocycles. The van der Waals surface area contributed by atoms with Crippen molar-refractivity contribution in [2.45, 2.75) is 31.8 Å². The van der Waals surface area contributed by atoms with Crippen LogP contribution in [0.15, 0.2) is 12.7 Å². The first-order valence-electron chi connectivity index (χ1n) is 4.69. The van der Waals surface area contributed by atoms with E-state index in [1.165, 1.54) is 0 Å². The molecule has 2 unspecified atom stereocenters. The Kier molecular flexibility index (Phi) is 4.33. The maximum absolute atomic E-state index is 9.54. The normalized spacial score (nSPS) is 25.6. The summed E-state index contributed by atoms with van der Waals surface area (Å²) in [6.45, 7) is 5.34. The second kappa shape index (κ2) is 5.33. The number of hydrogen-bond donors (Lipinski definition) is 1. The van der Waals surface area contributed by atoms with Gasteiger partial charge in [-0.1, -0.05) is 6.08 Å². The third kappa shape index (κ3) is 3.37. The van der Waals surface area contributed by atoms with E-state index in [0.29, 0.717) is 5.92 Å². The average molecular weight is 170 g/mol. The van der Waals surface area contributed by atoms with Gasteiger partial charge in [0.05, 0.1) is 6.10 Å². The lowest BCUT2D eigenvalue weighted by molar-refractivity contribution is 0.122. The van der Waals surface area contributed by atoms with E-state index in [2.05, 4.69) is 6.58 Å². The number of aliphatic hydroxyl groups is 1. The molecule has 1 rings (SSSR count). The molecule has 1 aliphatic rings. The standard InChI is InChI=1S/C10H18O2/c1-2-3-4-10(11)7-9-5-6-12-8-9/h2,9-11H,1,3-8H2. The molecular weight excluding hydrogens is 152 g/mol. The highest BCUT2D eigenvalue weighted by Crippen LogP contribution is 2.19. The molecule has 0 aromatic carbocycles. The molecule has 0 saturated carbocycles. The Bertz CT molecular complexity index is 128. The molecule has 0 aromatic rings. The maximum Gasteiger partial charge on any atom is 0.0546 e. The Morgan fingerprint density at radius 3 is 3.08 bits per heavy atom. The van der Waals surface area contributed by atoms with Gasteiger partial charge in [-0.15, -0.1) is 6.58 Å². The van der Waals surface area contributed by atoms with Gasteiger partial charge in [0.2, 0.25) is 0 Å². The van der Waals surface area contributed by atoms with E-state index in [1.807, 2.05) is 6.08 Å². The molecule has 0 radical (unpaired) electrons. The van der Waals surface area contributed by atoms with Gasteiger partial charge in [0.25, 0.3) is 0 Å². The van der Waals surface area contributed by atoms with E-state index in [9.17, 15) is 5.11 Å². The summed E-state index contributed by atoms with van der Waals surface area (Å²) in [5.74, 6) is 0.588. The van der Waals surface area contributed by atoms with Crippen molar-refractivity contribution in [2.24, 2.45) is 5.92 Å². The Hall–Kier alpha value is -0.340. The summed E-state index contributed by atoms with van der Waals surface area (Å²) in [6.07, 6.45) is 5.47. The largest absolute Gasteiger partial charge is 0.393 e.